The van der Waals surface area contributed by atoms with E-state index in [1.807, 2.05) is 0 Å². The third kappa shape index (κ3) is 11.6. The van der Waals surface area contributed by atoms with Gasteiger partial charge in [-0.05, 0) is 0 Å². The molecule has 0 aliphatic heterocycles. The molecule has 0 atom stereocenters. The Labute approximate surface area is 150 Å². The van der Waals surface area contributed by atoms with Gasteiger partial charge in [0.05, 0.1) is 0 Å². The zero-order chi connectivity index (χ0) is 17.6. The van der Waals surface area contributed by atoms with Gasteiger partial charge >= 0.3 is 150 Å². The maximum atomic E-state index is 5.79. The Morgan fingerprint density at radius 1 is 0.870 bits per heavy atom. The van der Waals surface area contributed by atoms with Gasteiger partial charge in [0.1, 0.15) is 0 Å². The molecule has 23 heavy (non-hydrogen) atoms. The molecule has 0 aromatic carbocycles. The summed E-state index contributed by atoms with van der Waals surface area (Å²) in [5.74, 6) is 0. The van der Waals surface area contributed by atoms with Gasteiger partial charge in [0.2, 0.25) is 0 Å². The SMILES string of the molecule is CCC[CH2][Sn](/[CH]=C/CC(C)(C)OCOC)([CH2]CCC)[CH2]CCC. The molecule has 0 aromatic rings. The molecular formula is C20H42O2Sn. The summed E-state index contributed by atoms with van der Waals surface area (Å²) >= 11 is -2.11. The fourth-order valence-corrected chi connectivity index (χ4v) is 17.5. The van der Waals surface area contributed by atoms with Crippen LogP contribution in [0, 0.1) is 0 Å². The van der Waals surface area contributed by atoms with Gasteiger partial charge in [-0.15, -0.1) is 0 Å². The van der Waals surface area contributed by atoms with Crippen molar-refractivity contribution in [2.45, 2.75) is 98.5 Å². The monoisotopic (exact) mass is 434 g/mol. The van der Waals surface area contributed by atoms with Crippen molar-refractivity contribution in [1.29, 1.82) is 0 Å². The van der Waals surface area contributed by atoms with E-state index in [0.29, 0.717) is 6.79 Å². The second-order valence-corrected chi connectivity index (χ2v) is 20.6. The predicted molar refractivity (Wildman–Crippen MR) is 106 cm³/mol. The third-order valence-corrected chi connectivity index (χ3v) is 19.0. The normalized spacial score (nSPS) is 13.1. The van der Waals surface area contributed by atoms with Crippen LogP contribution in [-0.2, 0) is 9.47 Å². The molecule has 0 heterocycles. The molecule has 0 aromatic heterocycles. The Kier molecular flexibility index (Phi) is 14.0. The molecular weight excluding hydrogens is 391 g/mol. The van der Waals surface area contributed by atoms with Crippen molar-refractivity contribution in [2.75, 3.05) is 13.9 Å². The number of hydrogen-bond acceptors (Lipinski definition) is 2. The zero-order valence-electron chi connectivity index (χ0n) is 16.7. The number of rotatable bonds is 15. The molecule has 0 aliphatic rings. The average Bonchev–Trinajstić information content (AvgIpc) is 2.54. The van der Waals surface area contributed by atoms with Crippen LogP contribution in [0.25, 0.3) is 0 Å². The van der Waals surface area contributed by atoms with Crippen LogP contribution in [0.2, 0.25) is 13.3 Å². The van der Waals surface area contributed by atoms with E-state index in [9.17, 15) is 0 Å². The van der Waals surface area contributed by atoms with Gasteiger partial charge in [-0.2, -0.15) is 0 Å². The molecule has 0 bridgehead atoms. The molecule has 0 spiro atoms. The summed E-state index contributed by atoms with van der Waals surface area (Å²) in [5.41, 5.74) is -0.121. The summed E-state index contributed by atoms with van der Waals surface area (Å²) in [6.07, 6.45) is 11.8. The molecule has 0 aliphatic carbocycles. The maximum absolute atomic E-state index is 5.79. The third-order valence-electron chi connectivity index (χ3n) is 4.73. The first-order valence-corrected chi connectivity index (χ1v) is 17.5. The molecule has 0 saturated heterocycles. The Morgan fingerprint density at radius 2 is 1.35 bits per heavy atom. The molecule has 0 saturated carbocycles. The van der Waals surface area contributed by atoms with E-state index in [1.165, 1.54) is 38.5 Å². The first-order chi connectivity index (χ1) is 10.9. The van der Waals surface area contributed by atoms with E-state index in [4.69, 9.17) is 9.47 Å². The van der Waals surface area contributed by atoms with Crippen molar-refractivity contribution < 1.29 is 9.47 Å². The van der Waals surface area contributed by atoms with Crippen molar-refractivity contribution in [1.82, 2.24) is 0 Å². The van der Waals surface area contributed by atoms with Gasteiger partial charge in [0.15, 0.2) is 0 Å². The Morgan fingerprint density at radius 3 is 1.74 bits per heavy atom. The van der Waals surface area contributed by atoms with Crippen molar-refractivity contribution in [3.05, 3.63) is 10.2 Å². The van der Waals surface area contributed by atoms with E-state index in [0.717, 1.165) is 6.42 Å². The van der Waals surface area contributed by atoms with Crippen molar-refractivity contribution in [3.8, 4) is 0 Å². The second kappa shape index (κ2) is 13.7. The van der Waals surface area contributed by atoms with Crippen molar-refractivity contribution in [3.63, 3.8) is 0 Å². The molecule has 0 unspecified atom stereocenters. The number of methoxy groups -OCH3 is 1. The molecule has 0 radical (unpaired) electrons. The van der Waals surface area contributed by atoms with E-state index < -0.39 is 18.4 Å². The molecule has 3 heteroatoms. The average molecular weight is 433 g/mol. The van der Waals surface area contributed by atoms with Crippen LogP contribution in [0.15, 0.2) is 10.2 Å². The van der Waals surface area contributed by atoms with Crippen LogP contribution < -0.4 is 0 Å². The quantitative estimate of drug-likeness (QED) is 0.211. The van der Waals surface area contributed by atoms with Crippen LogP contribution >= 0.6 is 0 Å². The fourth-order valence-electron chi connectivity index (χ4n) is 3.08. The van der Waals surface area contributed by atoms with E-state index in [2.05, 4.69) is 44.8 Å². The van der Waals surface area contributed by atoms with Crippen LogP contribution in [-0.4, -0.2) is 37.9 Å². The topological polar surface area (TPSA) is 18.5 Å². The molecule has 0 N–H and O–H groups in total. The van der Waals surface area contributed by atoms with E-state index in [1.54, 1.807) is 20.4 Å². The first kappa shape index (κ1) is 23.5. The Hall–Kier alpha value is 0.459. The Balaban J connectivity index is 4.88. The zero-order valence-corrected chi connectivity index (χ0v) is 19.6. The van der Waals surface area contributed by atoms with Crippen LogP contribution in [0.1, 0.15) is 79.6 Å². The number of hydrogen-bond donors (Lipinski definition) is 0. The van der Waals surface area contributed by atoms with E-state index in [-0.39, 0.29) is 5.60 Å². The van der Waals surface area contributed by atoms with Gasteiger partial charge in [0, 0.05) is 0 Å². The second-order valence-electron chi connectivity index (χ2n) is 7.59. The van der Waals surface area contributed by atoms with Gasteiger partial charge < -0.3 is 0 Å². The van der Waals surface area contributed by atoms with Crippen LogP contribution in [0.5, 0.6) is 0 Å². The minimum absolute atomic E-state index is 0.121. The molecule has 138 valence electrons. The van der Waals surface area contributed by atoms with Crippen molar-refractivity contribution >= 4 is 18.4 Å². The summed E-state index contributed by atoms with van der Waals surface area (Å²) in [4.78, 5) is 0. The van der Waals surface area contributed by atoms with Gasteiger partial charge in [-0.25, -0.2) is 0 Å². The number of unbranched alkanes of at least 4 members (excludes halogenated alkanes) is 3. The van der Waals surface area contributed by atoms with Crippen LogP contribution in [0.4, 0.5) is 0 Å². The summed E-state index contributed by atoms with van der Waals surface area (Å²) < 4.78 is 18.2. The molecule has 0 fully saturated rings. The van der Waals surface area contributed by atoms with Crippen molar-refractivity contribution in [2.24, 2.45) is 0 Å². The summed E-state index contributed by atoms with van der Waals surface area (Å²) in [5, 5.41) is 0. The van der Waals surface area contributed by atoms with E-state index >= 15 is 0 Å². The summed E-state index contributed by atoms with van der Waals surface area (Å²) in [6.45, 7) is 11.7. The Bertz CT molecular complexity index is 278. The van der Waals surface area contributed by atoms with Crippen LogP contribution in [0.3, 0.4) is 0 Å². The van der Waals surface area contributed by atoms with Gasteiger partial charge in [0.25, 0.3) is 0 Å². The minimum atomic E-state index is -2.11. The predicted octanol–water partition coefficient (Wildman–Crippen LogP) is 6.72. The molecule has 0 rings (SSSR count). The molecule has 0 amide bonds. The first-order valence-electron chi connectivity index (χ1n) is 9.76. The summed E-state index contributed by atoms with van der Waals surface area (Å²) in [6, 6.07) is 0. The number of ether oxygens (including phenoxy) is 2. The fraction of sp³-hybridized carbons (Fsp3) is 0.900. The molecule has 2 nitrogen and oxygen atoms in total. The standard InChI is InChI=1S/C8H15O2.3C4H9.Sn/c1-5-6-8(2,3)10-7-9-4;3*1-3-4-2;/h1,5H,6-7H2,2-4H3;3*1,3-4H2,2H3;. The van der Waals surface area contributed by atoms with Gasteiger partial charge in [-0.1, -0.05) is 0 Å². The van der Waals surface area contributed by atoms with Gasteiger partial charge in [-0.3, -0.25) is 0 Å². The summed E-state index contributed by atoms with van der Waals surface area (Å²) in [7, 11) is 1.69.